The van der Waals surface area contributed by atoms with Crippen molar-refractivity contribution in [2.75, 3.05) is 13.1 Å². The van der Waals surface area contributed by atoms with Gasteiger partial charge >= 0.3 is 11.8 Å². The molecule has 1 saturated carbocycles. The SMILES string of the molecule is CCN(CC)[C@@H]1C(C)CC[C@@H]1Oc1ccc2c(c1)CN(C1CCC(=O)[NH+]=C1O)C2=O. The number of carbonyl (C=O) groups excluding carboxylic acids is 2. The molecule has 2 heterocycles. The summed E-state index contributed by atoms with van der Waals surface area (Å²) in [5.41, 5.74) is 1.56. The standard InChI is InChI=1S/C23H31N3O4/c1-4-25(5-2)21-14(3)6-10-19(21)30-16-7-8-17-15(12-16)13-26(23(17)29)18-9-11-20(27)24-22(18)28/h7-8,12,14,18-19,21H,4-6,9-11,13H2,1-3H3,(H,24,27,28)/p+1/t14?,18?,19-,21+/m0/s1. The number of benzene rings is 1. The molecule has 0 saturated heterocycles. The summed E-state index contributed by atoms with van der Waals surface area (Å²) in [6, 6.07) is 5.61. The highest BCUT2D eigenvalue weighted by atomic mass is 16.5. The average molecular weight is 415 g/mol. The number of rotatable bonds is 6. The number of amides is 2. The first kappa shape index (κ1) is 20.8. The third-order valence-electron chi connectivity index (χ3n) is 6.90. The van der Waals surface area contributed by atoms with Crippen molar-refractivity contribution in [1.29, 1.82) is 0 Å². The highest BCUT2D eigenvalue weighted by molar-refractivity contribution is 6.01. The van der Waals surface area contributed by atoms with Crippen molar-refractivity contribution >= 4 is 17.7 Å². The van der Waals surface area contributed by atoms with E-state index in [9.17, 15) is 14.7 Å². The molecule has 2 unspecified atom stereocenters. The van der Waals surface area contributed by atoms with Crippen molar-refractivity contribution in [2.24, 2.45) is 5.92 Å². The number of ether oxygens (including phenoxy) is 1. The van der Waals surface area contributed by atoms with Crippen LogP contribution in [0.25, 0.3) is 0 Å². The van der Waals surface area contributed by atoms with Crippen molar-refractivity contribution in [3.05, 3.63) is 29.3 Å². The highest BCUT2D eigenvalue weighted by Crippen LogP contribution is 2.35. The maximum atomic E-state index is 12.9. The van der Waals surface area contributed by atoms with Gasteiger partial charge in [-0.25, -0.2) is 4.79 Å². The van der Waals surface area contributed by atoms with E-state index in [4.69, 9.17) is 4.74 Å². The van der Waals surface area contributed by atoms with Crippen LogP contribution in [0.4, 0.5) is 0 Å². The second-order valence-electron chi connectivity index (χ2n) is 8.66. The van der Waals surface area contributed by atoms with E-state index in [0.717, 1.165) is 37.2 Å². The van der Waals surface area contributed by atoms with Crippen molar-refractivity contribution in [2.45, 2.75) is 71.2 Å². The quantitative estimate of drug-likeness (QED) is 0.732. The van der Waals surface area contributed by atoms with Gasteiger partial charge in [0.15, 0.2) is 6.04 Å². The minimum absolute atomic E-state index is 0.111. The lowest BCUT2D eigenvalue weighted by Gasteiger charge is -2.34. The first-order valence-corrected chi connectivity index (χ1v) is 11.1. The number of aliphatic hydroxyl groups is 1. The molecule has 0 radical (unpaired) electrons. The maximum absolute atomic E-state index is 12.9. The third kappa shape index (κ3) is 3.71. The predicted octanol–water partition coefficient (Wildman–Crippen LogP) is 1.26. The van der Waals surface area contributed by atoms with Crippen LogP contribution in [-0.2, 0) is 11.3 Å². The Morgan fingerprint density at radius 2 is 1.97 bits per heavy atom. The van der Waals surface area contributed by atoms with Crippen LogP contribution in [0, 0.1) is 5.92 Å². The molecule has 7 heteroatoms. The number of carbonyl (C=O) groups is 2. The first-order chi connectivity index (χ1) is 14.4. The molecule has 3 aliphatic rings. The van der Waals surface area contributed by atoms with Crippen molar-refractivity contribution in [3.8, 4) is 5.75 Å². The Bertz CT molecular complexity index is 864. The number of nitrogens with zero attached hydrogens (tertiary/aromatic N) is 2. The summed E-state index contributed by atoms with van der Waals surface area (Å²) in [7, 11) is 0. The van der Waals surface area contributed by atoms with E-state index in [-0.39, 0.29) is 23.8 Å². The largest absolute Gasteiger partial charge is 0.489 e. The van der Waals surface area contributed by atoms with Gasteiger partial charge in [0.05, 0.1) is 6.42 Å². The van der Waals surface area contributed by atoms with E-state index in [1.807, 2.05) is 18.2 Å². The molecule has 7 nitrogen and oxygen atoms in total. The number of likely N-dealkylation sites (N-methyl/N-ethyl adjacent to an activating group) is 1. The van der Waals surface area contributed by atoms with Gasteiger partial charge < -0.3 is 14.7 Å². The molecule has 162 valence electrons. The molecule has 0 aromatic heterocycles. The van der Waals surface area contributed by atoms with Gasteiger partial charge in [-0.2, -0.15) is 0 Å². The topological polar surface area (TPSA) is 84.1 Å². The average Bonchev–Trinajstić information content (AvgIpc) is 3.23. The molecule has 1 aromatic carbocycles. The minimum atomic E-state index is -0.477. The van der Waals surface area contributed by atoms with Gasteiger partial charge in [-0.15, -0.1) is 4.99 Å². The Balaban J connectivity index is 1.51. The smallest absolute Gasteiger partial charge is 0.388 e. The second kappa shape index (κ2) is 8.38. The molecule has 2 amide bonds. The molecule has 0 bridgehead atoms. The minimum Gasteiger partial charge on any atom is -0.489 e. The van der Waals surface area contributed by atoms with E-state index < -0.39 is 6.04 Å². The van der Waals surface area contributed by atoms with Gasteiger partial charge in [-0.3, -0.25) is 9.69 Å². The molecule has 1 aromatic rings. The van der Waals surface area contributed by atoms with E-state index in [0.29, 0.717) is 36.9 Å². The number of aliphatic hydroxyl groups excluding tert-OH is 1. The van der Waals surface area contributed by atoms with E-state index in [1.165, 1.54) is 0 Å². The first-order valence-electron chi connectivity index (χ1n) is 11.1. The molecule has 4 atom stereocenters. The fraction of sp³-hybridized carbons (Fsp3) is 0.609. The van der Waals surface area contributed by atoms with Gasteiger partial charge in [-0.05, 0) is 62.0 Å². The predicted molar refractivity (Wildman–Crippen MR) is 112 cm³/mol. The summed E-state index contributed by atoms with van der Waals surface area (Å²) in [5.74, 6) is 0.939. The summed E-state index contributed by atoms with van der Waals surface area (Å²) in [5, 5.41) is 10.2. The van der Waals surface area contributed by atoms with Crippen LogP contribution < -0.4 is 9.73 Å². The Morgan fingerprint density at radius 1 is 1.20 bits per heavy atom. The Hall–Kier alpha value is -2.41. The van der Waals surface area contributed by atoms with E-state index in [2.05, 4.69) is 30.7 Å². The number of nitrogens with one attached hydrogen (secondary N) is 1. The molecule has 30 heavy (non-hydrogen) atoms. The summed E-state index contributed by atoms with van der Waals surface area (Å²) in [6.07, 6.45) is 3.08. The van der Waals surface area contributed by atoms with Gasteiger partial charge in [0.25, 0.3) is 5.91 Å². The molecule has 1 fully saturated rings. The van der Waals surface area contributed by atoms with Crippen molar-refractivity contribution in [1.82, 2.24) is 9.80 Å². The maximum Gasteiger partial charge on any atom is 0.388 e. The Morgan fingerprint density at radius 3 is 2.67 bits per heavy atom. The lowest BCUT2D eigenvalue weighted by molar-refractivity contribution is -0.394. The summed E-state index contributed by atoms with van der Waals surface area (Å²) < 4.78 is 6.44. The molecule has 0 spiro atoms. The van der Waals surface area contributed by atoms with E-state index >= 15 is 0 Å². The zero-order valence-electron chi connectivity index (χ0n) is 18.1. The number of hydrogen-bond acceptors (Lipinski definition) is 4. The Kier molecular flexibility index (Phi) is 5.82. The van der Waals surface area contributed by atoms with Crippen LogP contribution >= 0.6 is 0 Å². The van der Waals surface area contributed by atoms with Crippen LogP contribution in [0.15, 0.2) is 18.2 Å². The van der Waals surface area contributed by atoms with Crippen LogP contribution in [0.5, 0.6) is 5.75 Å². The van der Waals surface area contributed by atoms with Crippen LogP contribution in [0.2, 0.25) is 0 Å². The highest BCUT2D eigenvalue weighted by Gasteiger charge is 2.41. The summed E-state index contributed by atoms with van der Waals surface area (Å²) in [4.78, 5) is 30.9. The van der Waals surface area contributed by atoms with Crippen molar-refractivity contribution < 1.29 is 24.4 Å². The van der Waals surface area contributed by atoms with Crippen LogP contribution in [0.3, 0.4) is 0 Å². The molecule has 2 N–H and O–H groups in total. The number of fused-ring (bicyclic) bond motifs is 1. The van der Waals surface area contributed by atoms with Gasteiger partial charge in [-0.1, -0.05) is 20.8 Å². The third-order valence-corrected chi connectivity index (χ3v) is 6.90. The molecule has 4 rings (SSSR count). The van der Waals surface area contributed by atoms with Crippen LogP contribution in [-0.4, -0.2) is 63.9 Å². The fourth-order valence-electron chi connectivity index (χ4n) is 5.32. The Labute approximate surface area is 177 Å². The molecular weight excluding hydrogens is 382 g/mol. The monoisotopic (exact) mass is 414 g/mol. The molecular formula is C23H32N3O4+. The molecule has 2 aliphatic heterocycles. The zero-order valence-corrected chi connectivity index (χ0v) is 18.1. The van der Waals surface area contributed by atoms with E-state index in [1.54, 1.807) is 4.90 Å². The number of hydrogen-bond donors (Lipinski definition) is 2. The molecule has 1 aliphatic carbocycles. The second-order valence-corrected chi connectivity index (χ2v) is 8.66. The van der Waals surface area contributed by atoms with Crippen molar-refractivity contribution in [3.63, 3.8) is 0 Å². The lowest BCUT2D eigenvalue weighted by atomic mass is 10.0. The van der Waals surface area contributed by atoms with Gasteiger partial charge in [0, 0.05) is 18.2 Å². The van der Waals surface area contributed by atoms with Gasteiger partial charge in [0.1, 0.15) is 11.9 Å². The van der Waals surface area contributed by atoms with Crippen LogP contribution in [0.1, 0.15) is 62.4 Å². The summed E-state index contributed by atoms with van der Waals surface area (Å²) >= 11 is 0. The normalized spacial score (nSPS) is 28.8. The van der Waals surface area contributed by atoms with Gasteiger partial charge in [0.2, 0.25) is 0 Å². The lowest BCUT2D eigenvalue weighted by Crippen LogP contribution is -2.82. The summed E-state index contributed by atoms with van der Waals surface area (Å²) in [6.45, 7) is 9.13. The zero-order chi connectivity index (χ0) is 21.4. The fourth-order valence-corrected chi connectivity index (χ4v) is 5.32.